The van der Waals surface area contributed by atoms with Gasteiger partial charge < -0.3 is 4.98 Å². The second-order valence-corrected chi connectivity index (χ2v) is 6.20. The molecule has 1 N–H and O–H groups in total. The van der Waals surface area contributed by atoms with Crippen LogP contribution < -0.4 is 0 Å². The van der Waals surface area contributed by atoms with E-state index in [2.05, 4.69) is 9.97 Å². The maximum atomic E-state index is 12.2. The van der Waals surface area contributed by atoms with Gasteiger partial charge in [-0.25, -0.2) is 4.98 Å². The first-order valence-electron chi connectivity index (χ1n) is 6.19. The summed E-state index contributed by atoms with van der Waals surface area (Å²) in [6.07, 6.45) is 0. The first-order valence-corrected chi connectivity index (χ1v) is 7.93. The van der Waals surface area contributed by atoms with Crippen LogP contribution in [0.2, 0.25) is 10.0 Å². The average Bonchev–Trinajstić information content (AvgIpc) is 2.90. The first kappa shape index (κ1) is 14.4. The Morgan fingerprint density at radius 2 is 2.00 bits per heavy atom. The summed E-state index contributed by atoms with van der Waals surface area (Å²) in [7, 11) is 0. The summed E-state index contributed by atoms with van der Waals surface area (Å²) < 4.78 is 0. The minimum atomic E-state index is -0.0760. The molecule has 0 unspecified atom stereocenters. The van der Waals surface area contributed by atoms with E-state index in [-0.39, 0.29) is 11.5 Å². The lowest BCUT2D eigenvalue weighted by Gasteiger charge is -2.03. The molecule has 0 saturated carbocycles. The number of carbonyl (C=O) groups is 1. The Morgan fingerprint density at radius 3 is 2.81 bits per heavy atom. The number of fused-ring (bicyclic) bond motifs is 1. The van der Waals surface area contributed by atoms with Gasteiger partial charge in [0.15, 0.2) is 10.9 Å². The molecule has 3 aromatic rings. The Hall–Kier alpha value is -1.49. The number of para-hydroxylation sites is 2. The normalized spacial score (nSPS) is 11.0. The average molecular weight is 337 g/mol. The van der Waals surface area contributed by atoms with E-state index in [1.165, 1.54) is 11.8 Å². The molecule has 1 heterocycles. The Bertz CT molecular complexity index is 783. The van der Waals surface area contributed by atoms with Crippen molar-refractivity contribution in [2.75, 3.05) is 5.75 Å². The van der Waals surface area contributed by atoms with Crippen LogP contribution in [0.15, 0.2) is 47.6 Å². The number of benzene rings is 2. The van der Waals surface area contributed by atoms with Crippen LogP contribution in [-0.2, 0) is 0 Å². The quantitative estimate of drug-likeness (QED) is 0.547. The first-order chi connectivity index (χ1) is 10.1. The largest absolute Gasteiger partial charge is 0.333 e. The monoisotopic (exact) mass is 336 g/mol. The molecule has 0 aliphatic rings. The van der Waals surface area contributed by atoms with Gasteiger partial charge in [-0.15, -0.1) is 0 Å². The third-order valence-electron chi connectivity index (χ3n) is 2.94. The van der Waals surface area contributed by atoms with E-state index < -0.39 is 0 Å². The molecule has 3 rings (SSSR count). The molecular weight excluding hydrogens is 327 g/mol. The second kappa shape index (κ2) is 6.10. The fourth-order valence-electron chi connectivity index (χ4n) is 1.92. The highest BCUT2D eigenvalue weighted by Crippen LogP contribution is 2.24. The van der Waals surface area contributed by atoms with Crippen LogP contribution in [0.5, 0.6) is 0 Å². The molecule has 3 nitrogen and oxygen atoms in total. The molecule has 0 bridgehead atoms. The van der Waals surface area contributed by atoms with Crippen molar-refractivity contribution in [2.45, 2.75) is 5.16 Å². The Balaban J connectivity index is 1.74. The Morgan fingerprint density at radius 1 is 1.19 bits per heavy atom. The van der Waals surface area contributed by atoms with Crippen molar-refractivity contribution in [1.29, 1.82) is 0 Å². The number of rotatable bonds is 4. The number of nitrogens with one attached hydrogen (secondary N) is 1. The number of ketones is 1. The van der Waals surface area contributed by atoms with Gasteiger partial charge in [-0.1, -0.05) is 47.1 Å². The topological polar surface area (TPSA) is 45.8 Å². The van der Waals surface area contributed by atoms with Crippen LogP contribution in [0, 0.1) is 0 Å². The predicted octanol–water partition coefficient (Wildman–Crippen LogP) is 4.84. The number of nitrogens with zero attached hydrogens (tertiary/aromatic N) is 1. The SMILES string of the molecule is O=C(CSc1nc2ccccc2[nH]1)c1cc(Cl)ccc1Cl. The highest BCUT2D eigenvalue weighted by atomic mass is 35.5. The van der Waals surface area contributed by atoms with E-state index in [4.69, 9.17) is 23.2 Å². The molecule has 0 fully saturated rings. The van der Waals surface area contributed by atoms with Gasteiger partial charge in [0.1, 0.15) is 0 Å². The van der Waals surface area contributed by atoms with Crippen molar-refractivity contribution in [3.05, 3.63) is 58.1 Å². The van der Waals surface area contributed by atoms with Crippen molar-refractivity contribution >= 4 is 51.8 Å². The Kier molecular flexibility index (Phi) is 4.19. The zero-order chi connectivity index (χ0) is 14.8. The maximum absolute atomic E-state index is 12.2. The zero-order valence-electron chi connectivity index (χ0n) is 10.8. The lowest BCUT2D eigenvalue weighted by molar-refractivity contribution is 0.102. The number of imidazole rings is 1. The van der Waals surface area contributed by atoms with Crippen molar-refractivity contribution in [1.82, 2.24) is 9.97 Å². The summed E-state index contributed by atoms with van der Waals surface area (Å²) in [5.74, 6) is 0.174. The van der Waals surface area contributed by atoms with Gasteiger partial charge in [-0.3, -0.25) is 4.79 Å². The van der Waals surface area contributed by atoms with Gasteiger partial charge in [0.25, 0.3) is 0 Å². The summed E-state index contributed by atoms with van der Waals surface area (Å²) in [6.45, 7) is 0. The lowest BCUT2D eigenvalue weighted by Crippen LogP contribution is -2.03. The number of Topliss-reactive ketones (excluding diaryl/α,β-unsaturated/α-hetero) is 1. The molecule has 1 aromatic heterocycles. The van der Waals surface area contributed by atoms with Gasteiger partial charge in [0.2, 0.25) is 0 Å². The summed E-state index contributed by atoms with van der Waals surface area (Å²) in [4.78, 5) is 19.8. The van der Waals surface area contributed by atoms with Crippen molar-refractivity contribution in [3.8, 4) is 0 Å². The van der Waals surface area contributed by atoms with E-state index >= 15 is 0 Å². The van der Waals surface area contributed by atoms with E-state index in [9.17, 15) is 4.79 Å². The van der Waals surface area contributed by atoms with Gasteiger partial charge in [0, 0.05) is 10.6 Å². The number of aromatic amines is 1. The van der Waals surface area contributed by atoms with Crippen LogP contribution in [0.25, 0.3) is 11.0 Å². The number of halogens is 2. The molecule has 6 heteroatoms. The van der Waals surface area contributed by atoms with Gasteiger partial charge >= 0.3 is 0 Å². The number of hydrogen-bond acceptors (Lipinski definition) is 3. The highest BCUT2D eigenvalue weighted by molar-refractivity contribution is 7.99. The fourth-order valence-corrected chi connectivity index (χ4v) is 3.08. The van der Waals surface area contributed by atoms with Crippen LogP contribution in [0.3, 0.4) is 0 Å². The van der Waals surface area contributed by atoms with Crippen molar-refractivity contribution in [3.63, 3.8) is 0 Å². The lowest BCUT2D eigenvalue weighted by atomic mass is 10.1. The molecule has 0 atom stereocenters. The number of H-pyrrole nitrogens is 1. The van der Waals surface area contributed by atoms with Gasteiger partial charge in [0.05, 0.1) is 21.8 Å². The minimum Gasteiger partial charge on any atom is -0.333 e. The van der Waals surface area contributed by atoms with E-state index in [0.29, 0.717) is 20.8 Å². The number of carbonyl (C=O) groups excluding carboxylic acids is 1. The maximum Gasteiger partial charge on any atom is 0.174 e. The summed E-state index contributed by atoms with van der Waals surface area (Å²) in [5, 5.41) is 1.62. The third kappa shape index (κ3) is 3.23. The van der Waals surface area contributed by atoms with Gasteiger partial charge in [-0.2, -0.15) is 0 Å². The van der Waals surface area contributed by atoms with E-state index in [1.54, 1.807) is 18.2 Å². The molecule has 2 aromatic carbocycles. The molecule has 21 heavy (non-hydrogen) atoms. The smallest absolute Gasteiger partial charge is 0.174 e. The third-order valence-corrected chi connectivity index (χ3v) is 4.37. The highest BCUT2D eigenvalue weighted by Gasteiger charge is 2.13. The summed E-state index contributed by atoms with van der Waals surface area (Å²) >= 11 is 13.3. The second-order valence-electron chi connectivity index (χ2n) is 4.40. The Labute approximate surface area is 135 Å². The molecule has 106 valence electrons. The van der Waals surface area contributed by atoms with Crippen LogP contribution >= 0.6 is 35.0 Å². The zero-order valence-corrected chi connectivity index (χ0v) is 13.1. The molecule has 0 aliphatic carbocycles. The van der Waals surface area contributed by atoms with Crippen LogP contribution in [0.4, 0.5) is 0 Å². The minimum absolute atomic E-state index is 0.0760. The summed E-state index contributed by atoms with van der Waals surface area (Å²) in [5.41, 5.74) is 2.27. The molecule has 0 saturated heterocycles. The van der Waals surface area contributed by atoms with Crippen molar-refractivity contribution < 1.29 is 4.79 Å². The van der Waals surface area contributed by atoms with Crippen LogP contribution in [0.1, 0.15) is 10.4 Å². The fraction of sp³-hybridized carbons (Fsp3) is 0.0667. The standard InChI is InChI=1S/C15H10Cl2N2OS/c16-9-5-6-11(17)10(7-9)14(20)8-21-15-18-12-3-1-2-4-13(12)19-15/h1-7H,8H2,(H,18,19). The molecule has 0 aliphatic heterocycles. The number of hydrogen-bond donors (Lipinski definition) is 1. The molecular formula is C15H10Cl2N2OS. The molecule has 0 radical (unpaired) electrons. The summed E-state index contributed by atoms with van der Waals surface area (Å²) in [6, 6.07) is 12.6. The molecule has 0 amide bonds. The number of thioether (sulfide) groups is 1. The predicted molar refractivity (Wildman–Crippen MR) is 87.6 cm³/mol. The van der Waals surface area contributed by atoms with Crippen LogP contribution in [-0.4, -0.2) is 21.5 Å². The van der Waals surface area contributed by atoms with E-state index in [0.717, 1.165) is 11.0 Å². The van der Waals surface area contributed by atoms with E-state index in [1.807, 2.05) is 24.3 Å². The van der Waals surface area contributed by atoms with Crippen molar-refractivity contribution in [2.24, 2.45) is 0 Å². The van der Waals surface area contributed by atoms with Gasteiger partial charge in [-0.05, 0) is 30.3 Å². The number of aromatic nitrogens is 2. The molecule has 0 spiro atoms.